The molecule has 0 bridgehead atoms. The van der Waals surface area contributed by atoms with Crippen LogP contribution in [-0.2, 0) is 6.42 Å². The molecule has 0 aliphatic rings. The van der Waals surface area contributed by atoms with Gasteiger partial charge < -0.3 is 4.74 Å². The highest BCUT2D eigenvalue weighted by Gasteiger charge is 2.19. The van der Waals surface area contributed by atoms with E-state index < -0.39 is 0 Å². The Balaban J connectivity index is 2.41. The quantitative estimate of drug-likeness (QED) is 0.374. The highest BCUT2D eigenvalue weighted by Crippen LogP contribution is 2.44. The van der Waals surface area contributed by atoms with Crippen LogP contribution in [0, 0.1) is 6.92 Å². The summed E-state index contributed by atoms with van der Waals surface area (Å²) in [6, 6.07) is 2.05. The average molecular weight is 332 g/mol. The summed E-state index contributed by atoms with van der Waals surface area (Å²) >= 11 is 3.21. The van der Waals surface area contributed by atoms with E-state index in [0.717, 1.165) is 28.5 Å². The van der Waals surface area contributed by atoms with Crippen LogP contribution in [0.1, 0.15) is 30.7 Å². The van der Waals surface area contributed by atoms with Gasteiger partial charge in [0.15, 0.2) is 5.06 Å². The summed E-state index contributed by atoms with van der Waals surface area (Å²) in [7, 11) is 0. The van der Waals surface area contributed by atoms with E-state index in [1.165, 1.54) is 27.5 Å². The van der Waals surface area contributed by atoms with Gasteiger partial charge in [0, 0.05) is 23.7 Å². The van der Waals surface area contributed by atoms with E-state index in [1.807, 2.05) is 18.3 Å². The van der Waals surface area contributed by atoms with Crippen LogP contribution in [0.4, 0.5) is 0 Å². The molecule has 0 radical (unpaired) electrons. The molecule has 2 aromatic rings. The Labute approximate surface area is 139 Å². The lowest BCUT2D eigenvalue weighted by Gasteiger charge is -2.08. The van der Waals surface area contributed by atoms with Crippen molar-refractivity contribution in [2.24, 2.45) is 4.99 Å². The second kappa shape index (κ2) is 8.06. The molecule has 0 atom stereocenters. The van der Waals surface area contributed by atoms with Gasteiger partial charge in [-0.2, -0.15) is 0 Å². The van der Waals surface area contributed by atoms with E-state index in [4.69, 9.17) is 4.74 Å². The Bertz CT molecular complexity index is 682. The lowest BCUT2D eigenvalue weighted by molar-refractivity contribution is 0.422. The molecular weight excluding hydrogens is 312 g/mol. The predicted molar refractivity (Wildman–Crippen MR) is 97.2 cm³/mol. The van der Waals surface area contributed by atoms with Crippen molar-refractivity contribution in [2.45, 2.75) is 33.6 Å². The Hall–Kier alpha value is -1.72. The van der Waals surface area contributed by atoms with Crippen molar-refractivity contribution in [1.29, 1.82) is 0 Å². The molecule has 0 N–H and O–H groups in total. The van der Waals surface area contributed by atoms with Gasteiger partial charge in [0.25, 0.3) is 0 Å². The van der Waals surface area contributed by atoms with Gasteiger partial charge in [-0.15, -0.1) is 11.3 Å². The summed E-state index contributed by atoms with van der Waals surface area (Å²) in [5.41, 5.74) is 2.54. The second-order valence-electron chi connectivity index (χ2n) is 4.64. The molecule has 5 heteroatoms. The summed E-state index contributed by atoms with van der Waals surface area (Å²) in [6.45, 7) is 9.84. The lowest BCUT2D eigenvalue weighted by Crippen LogP contribution is -1.93. The molecule has 116 valence electrons. The molecule has 2 heterocycles. The Morgan fingerprint density at radius 1 is 1.45 bits per heavy atom. The molecule has 22 heavy (non-hydrogen) atoms. The number of thiophene rings is 1. The number of hydrogen-bond donors (Lipinski definition) is 0. The Kier molecular flexibility index (Phi) is 6.10. The van der Waals surface area contributed by atoms with Crippen LogP contribution in [-0.4, -0.2) is 11.1 Å². The molecule has 2 rings (SSSR count). The fourth-order valence-corrected chi connectivity index (χ4v) is 4.06. The third-order valence-electron chi connectivity index (χ3n) is 3.26. The summed E-state index contributed by atoms with van der Waals surface area (Å²) in [6.07, 6.45) is 9.09. The van der Waals surface area contributed by atoms with E-state index in [2.05, 4.69) is 42.9 Å². The molecule has 3 nitrogen and oxygen atoms in total. The van der Waals surface area contributed by atoms with Crippen molar-refractivity contribution in [3.05, 3.63) is 46.8 Å². The second-order valence-corrected chi connectivity index (χ2v) is 6.66. The first-order valence-electron chi connectivity index (χ1n) is 7.23. The highest BCUT2D eigenvalue weighted by atomic mass is 32.1. The summed E-state index contributed by atoms with van der Waals surface area (Å²) < 4.78 is 10.4. The number of rotatable bonds is 7. The number of nitrogens with zero attached hydrogens (tertiary/aromatic N) is 2. The first kappa shape index (κ1) is 16.6. The van der Waals surface area contributed by atoms with E-state index in [1.54, 1.807) is 17.5 Å². The third kappa shape index (κ3) is 3.72. The van der Waals surface area contributed by atoms with Crippen molar-refractivity contribution < 1.29 is 4.74 Å². The molecule has 2 aromatic heterocycles. The molecule has 0 spiro atoms. The third-order valence-corrected chi connectivity index (χ3v) is 5.05. The van der Waals surface area contributed by atoms with E-state index in [9.17, 15) is 0 Å². The van der Waals surface area contributed by atoms with Crippen LogP contribution in [0.3, 0.4) is 0 Å². The minimum Gasteiger partial charge on any atom is -0.450 e. The van der Waals surface area contributed by atoms with Crippen LogP contribution in [0.25, 0.3) is 10.4 Å². The summed E-state index contributed by atoms with van der Waals surface area (Å²) in [4.78, 5) is 6.17. The van der Waals surface area contributed by atoms with Gasteiger partial charge in [-0.1, -0.05) is 13.8 Å². The number of allylic oxidation sites excluding steroid dienone is 3. The van der Waals surface area contributed by atoms with Crippen LogP contribution < -0.4 is 4.74 Å². The monoisotopic (exact) mass is 332 g/mol. The summed E-state index contributed by atoms with van der Waals surface area (Å²) in [5.74, 6) is 0.912. The molecule has 0 unspecified atom stereocenters. The van der Waals surface area contributed by atoms with Crippen LogP contribution in [0.2, 0.25) is 0 Å². The van der Waals surface area contributed by atoms with Crippen molar-refractivity contribution in [1.82, 2.24) is 4.37 Å². The molecule has 0 aliphatic carbocycles. The lowest BCUT2D eigenvalue weighted by atomic mass is 10.1. The van der Waals surface area contributed by atoms with Crippen molar-refractivity contribution in [3.8, 4) is 15.5 Å². The number of ether oxygens (including phenoxy) is 1. The zero-order chi connectivity index (χ0) is 15.9. The molecule has 0 saturated heterocycles. The van der Waals surface area contributed by atoms with E-state index in [-0.39, 0.29) is 0 Å². The SMILES string of the molecule is C=N/C=C\C=C(/CC)Oc1sc(C)c(CC)c1-c1ccns1. The average Bonchev–Trinajstić information content (AvgIpc) is 3.13. The maximum atomic E-state index is 6.17. The van der Waals surface area contributed by atoms with Gasteiger partial charge in [0.05, 0.1) is 10.4 Å². The molecule has 0 saturated carbocycles. The van der Waals surface area contributed by atoms with Crippen LogP contribution in [0.5, 0.6) is 5.06 Å². The van der Waals surface area contributed by atoms with Crippen molar-refractivity contribution in [3.63, 3.8) is 0 Å². The van der Waals surface area contributed by atoms with E-state index in [0.29, 0.717) is 0 Å². The topological polar surface area (TPSA) is 34.5 Å². The van der Waals surface area contributed by atoms with E-state index >= 15 is 0 Å². The molecule has 0 aliphatic heterocycles. The normalized spacial score (nSPS) is 12.0. The molecule has 0 amide bonds. The number of hydrogen-bond acceptors (Lipinski definition) is 5. The number of aromatic nitrogens is 1. The van der Waals surface area contributed by atoms with Crippen LogP contribution in [0.15, 0.2) is 41.4 Å². The zero-order valence-corrected chi connectivity index (χ0v) is 14.8. The number of aliphatic imine (C=N–C) groups is 1. The zero-order valence-electron chi connectivity index (χ0n) is 13.1. The standard InChI is InChI=1S/C17H20N2OS2/c1-5-13(8-7-10-18-4)20-17-16(15-9-11-19-22-15)14(6-2)12(3)21-17/h7-11H,4-6H2,1-3H3/b10-7-,13-8+. The highest BCUT2D eigenvalue weighted by molar-refractivity contribution is 7.15. The molecular formula is C17H20N2OS2. The van der Waals surface area contributed by atoms with Gasteiger partial charge >= 0.3 is 0 Å². The Morgan fingerprint density at radius 2 is 2.27 bits per heavy atom. The smallest absolute Gasteiger partial charge is 0.189 e. The van der Waals surface area contributed by atoms with Crippen LogP contribution >= 0.6 is 22.9 Å². The first-order chi connectivity index (χ1) is 10.7. The van der Waals surface area contributed by atoms with Crippen molar-refractivity contribution >= 4 is 29.6 Å². The predicted octanol–water partition coefficient (Wildman–Crippen LogP) is 5.63. The fraction of sp³-hybridized carbons (Fsp3) is 0.294. The molecule has 0 aromatic carbocycles. The Morgan fingerprint density at radius 3 is 2.86 bits per heavy atom. The van der Waals surface area contributed by atoms with Gasteiger partial charge in [-0.3, -0.25) is 4.99 Å². The number of aryl methyl sites for hydroxylation is 1. The first-order valence-corrected chi connectivity index (χ1v) is 8.82. The maximum Gasteiger partial charge on any atom is 0.189 e. The van der Waals surface area contributed by atoms with Gasteiger partial charge in [0.1, 0.15) is 5.76 Å². The fourth-order valence-electron chi connectivity index (χ4n) is 2.20. The maximum absolute atomic E-state index is 6.17. The summed E-state index contributed by atoms with van der Waals surface area (Å²) in [5, 5.41) is 0.951. The van der Waals surface area contributed by atoms with Gasteiger partial charge in [-0.05, 0) is 55.4 Å². The minimum atomic E-state index is 0.821. The minimum absolute atomic E-state index is 0.821. The van der Waals surface area contributed by atoms with Gasteiger partial charge in [-0.25, -0.2) is 4.37 Å². The van der Waals surface area contributed by atoms with Crippen molar-refractivity contribution in [2.75, 3.05) is 0 Å². The largest absolute Gasteiger partial charge is 0.450 e. The van der Waals surface area contributed by atoms with Gasteiger partial charge in [0.2, 0.25) is 0 Å². The molecule has 0 fully saturated rings.